The van der Waals surface area contributed by atoms with E-state index in [2.05, 4.69) is 28.8 Å². The molecule has 0 radical (unpaired) electrons. The smallest absolute Gasteiger partial charge is 0.167 e. The highest BCUT2D eigenvalue weighted by molar-refractivity contribution is 7.79. The van der Waals surface area contributed by atoms with Crippen molar-refractivity contribution in [2.45, 2.75) is 38.0 Å². The van der Waals surface area contributed by atoms with E-state index in [9.17, 15) is 13.9 Å². The fourth-order valence-corrected chi connectivity index (χ4v) is 4.87. The van der Waals surface area contributed by atoms with Crippen LogP contribution in [0.25, 0.3) is 21.8 Å². The number of piperidine rings is 1. The quantitative estimate of drug-likeness (QED) is 0.675. The van der Waals surface area contributed by atoms with Crippen LogP contribution in [0.15, 0.2) is 48.5 Å². The van der Waals surface area contributed by atoms with Crippen molar-refractivity contribution in [3.63, 3.8) is 0 Å². The largest absolute Gasteiger partial charge is 0.390 e. The summed E-state index contributed by atoms with van der Waals surface area (Å²) in [6.45, 7) is 1.24. The van der Waals surface area contributed by atoms with Crippen molar-refractivity contribution in [3.05, 3.63) is 48.5 Å². The Kier molecular flexibility index (Phi) is 5.09. The minimum Gasteiger partial charge on any atom is -0.390 e. The van der Waals surface area contributed by atoms with Crippen molar-refractivity contribution in [1.82, 2.24) is 9.47 Å². The first kappa shape index (κ1) is 17.7. The monoisotopic (exact) mass is 372 g/mol. The van der Waals surface area contributed by atoms with Crippen molar-refractivity contribution in [2.24, 2.45) is 0 Å². The molecule has 0 amide bonds. The first-order chi connectivity index (χ1) is 12.6. The fraction of sp³-hybridized carbons (Fsp3) is 0.400. The maximum absolute atomic E-state index is 11.3. The lowest BCUT2D eigenvalue weighted by atomic mass is 9.98. The number of aromatic nitrogens is 1. The van der Waals surface area contributed by atoms with Crippen molar-refractivity contribution < 1.29 is 13.9 Å². The van der Waals surface area contributed by atoms with Gasteiger partial charge in [0.05, 0.1) is 12.6 Å². The number of likely N-dealkylation sites (tertiary alicyclic amines) is 1. The zero-order chi connectivity index (χ0) is 18.1. The third-order valence-corrected chi connectivity index (χ3v) is 5.99. The van der Waals surface area contributed by atoms with E-state index in [0.717, 1.165) is 36.8 Å². The van der Waals surface area contributed by atoms with Gasteiger partial charge in [0.25, 0.3) is 0 Å². The molecule has 2 N–H and O–H groups in total. The topological polar surface area (TPSA) is 65.7 Å². The van der Waals surface area contributed by atoms with Crippen molar-refractivity contribution in [3.8, 4) is 0 Å². The number of aliphatic hydroxyl groups excluding tert-OH is 1. The molecule has 1 aliphatic heterocycles. The summed E-state index contributed by atoms with van der Waals surface area (Å²) in [5, 5.41) is 13.4. The molecule has 26 heavy (non-hydrogen) atoms. The number of hydrogen-bond acceptors (Lipinski definition) is 3. The zero-order valence-corrected chi connectivity index (χ0v) is 15.4. The van der Waals surface area contributed by atoms with Crippen LogP contribution in [0.1, 0.15) is 19.3 Å². The second kappa shape index (κ2) is 7.48. The highest BCUT2D eigenvalue weighted by Crippen LogP contribution is 2.30. The van der Waals surface area contributed by atoms with Crippen LogP contribution in [0.5, 0.6) is 0 Å². The van der Waals surface area contributed by atoms with Crippen molar-refractivity contribution >= 4 is 32.9 Å². The van der Waals surface area contributed by atoms with Crippen molar-refractivity contribution in [2.75, 3.05) is 12.4 Å². The lowest BCUT2D eigenvalue weighted by Crippen LogP contribution is -2.49. The van der Waals surface area contributed by atoms with E-state index in [1.807, 2.05) is 29.2 Å². The van der Waals surface area contributed by atoms with Crippen LogP contribution in [0, 0.1) is 0 Å². The van der Waals surface area contributed by atoms with Crippen LogP contribution in [-0.4, -0.2) is 47.9 Å². The number of rotatable bonds is 5. The molecule has 1 saturated heterocycles. The molecule has 3 atom stereocenters. The van der Waals surface area contributed by atoms with Gasteiger partial charge in [0, 0.05) is 27.8 Å². The molecule has 0 saturated carbocycles. The molecular formula is C20H24N2O3S. The summed E-state index contributed by atoms with van der Waals surface area (Å²) in [7, 11) is 0. The Morgan fingerprint density at radius 2 is 1.65 bits per heavy atom. The van der Waals surface area contributed by atoms with Crippen molar-refractivity contribution in [1.29, 1.82) is 0 Å². The normalized spacial score (nSPS) is 21.2. The van der Waals surface area contributed by atoms with E-state index < -0.39 is 17.2 Å². The molecule has 2 heterocycles. The average Bonchev–Trinajstić information content (AvgIpc) is 2.96. The summed E-state index contributed by atoms with van der Waals surface area (Å²) in [5.41, 5.74) is 2.22. The SMILES string of the molecule is O=S(O)CN1CCCCC1C(O)Cn1c2ccccc2c2ccccc21. The summed E-state index contributed by atoms with van der Waals surface area (Å²) < 4.78 is 22.8. The van der Waals surface area contributed by atoms with Gasteiger partial charge in [-0.25, -0.2) is 4.21 Å². The van der Waals surface area contributed by atoms with Gasteiger partial charge in [-0.3, -0.25) is 4.90 Å². The molecule has 3 aromatic rings. The van der Waals surface area contributed by atoms with Gasteiger partial charge in [-0.05, 0) is 31.5 Å². The number of benzene rings is 2. The molecule has 2 aromatic carbocycles. The number of fused-ring (bicyclic) bond motifs is 3. The summed E-state index contributed by atoms with van der Waals surface area (Å²) in [6.07, 6.45) is 2.33. The summed E-state index contributed by atoms with van der Waals surface area (Å²) in [6, 6.07) is 16.4. The Labute approximate surface area is 155 Å². The number of nitrogens with zero attached hydrogens (tertiary/aromatic N) is 2. The minimum atomic E-state index is -1.88. The Morgan fingerprint density at radius 1 is 1.04 bits per heavy atom. The van der Waals surface area contributed by atoms with Crippen LogP contribution in [0.3, 0.4) is 0 Å². The fourth-order valence-electron chi connectivity index (χ4n) is 4.26. The molecule has 0 bridgehead atoms. The van der Waals surface area contributed by atoms with Gasteiger partial charge >= 0.3 is 0 Å². The van der Waals surface area contributed by atoms with Crippen LogP contribution in [-0.2, 0) is 17.6 Å². The molecule has 4 rings (SSSR count). The van der Waals surface area contributed by atoms with Crippen LogP contribution >= 0.6 is 0 Å². The molecule has 0 aliphatic carbocycles. The van der Waals surface area contributed by atoms with Gasteiger partial charge in [-0.15, -0.1) is 0 Å². The number of para-hydroxylation sites is 2. The van der Waals surface area contributed by atoms with E-state index in [-0.39, 0.29) is 11.9 Å². The third-order valence-electron chi connectivity index (χ3n) is 5.43. The Hall–Kier alpha value is -1.73. The van der Waals surface area contributed by atoms with E-state index >= 15 is 0 Å². The lowest BCUT2D eigenvalue weighted by Gasteiger charge is -2.37. The van der Waals surface area contributed by atoms with Gasteiger partial charge in [-0.2, -0.15) is 0 Å². The first-order valence-corrected chi connectivity index (χ1v) is 10.4. The third kappa shape index (κ3) is 3.30. The Bertz CT molecular complexity index is 886. The molecule has 5 nitrogen and oxygen atoms in total. The lowest BCUT2D eigenvalue weighted by molar-refractivity contribution is 0.0274. The second-order valence-corrected chi connectivity index (χ2v) is 7.94. The van der Waals surface area contributed by atoms with Crippen LogP contribution in [0.4, 0.5) is 0 Å². The standard InChI is InChI=1S/C20H24N2O3S/c23-20(19-11-5-6-12-21(19)14-26(24)25)13-22-17-9-3-1-7-15(17)16-8-2-4-10-18(16)22/h1-4,7-10,19-20,23H,5-6,11-14H2,(H,24,25). The maximum Gasteiger partial charge on any atom is 0.167 e. The molecule has 3 unspecified atom stereocenters. The molecule has 1 aliphatic rings. The number of hydrogen-bond donors (Lipinski definition) is 2. The molecule has 6 heteroatoms. The average molecular weight is 372 g/mol. The summed E-state index contributed by atoms with van der Waals surface area (Å²) in [4.78, 5) is 1.97. The minimum absolute atomic E-state index is 0.0835. The zero-order valence-electron chi connectivity index (χ0n) is 14.6. The Morgan fingerprint density at radius 3 is 2.27 bits per heavy atom. The van der Waals surface area contributed by atoms with Gasteiger partial charge in [0.2, 0.25) is 0 Å². The van der Waals surface area contributed by atoms with Crippen LogP contribution < -0.4 is 0 Å². The van der Waals surface area contributed by atoms with E-state index in [0.29, 0.717) is 6.54 Å². The van der Waals surface area contributed by atoms with Gasteiger partial charge < -0.3 is 14.2 Å². The predicted octanol–water partition coefficient (Wildman–Crippen LogP) is 3.19. The molecular weight excluding hydrogens is 348 g/mol. The summed E-state index contributed by atoms with van der Waals surface area (Å²) in [5.74, 6) is 0.106. The first-order valence-electron chi connectivity index (χ1n) is 9.10. The summed E-state index contributed by atoms with van der Waals surface area (Å²) >= 11 is -1.88. The number of aliphatic hydroxyl groups is 1. The van der Waals surface area contributed by atoms with Gasteiger partial charge in [-0.1, -0.05) is 42.8 Å². The van der Waals surface area contributed by atoms with E-state index in [1.165, 1.54) is 10.8 Å². The molecule has 0 spiro atoms. The highest BCUT2D eigenvalue weighted by atomic mass is 32.2. The maximum atomic E-state index is 11.3. The van der Waals surface area contributed by atoms with Gasteiger partial charge in [0.1, 0.15) is 5.88 Å². The van der Waals surface area contributed by atoms with Gasteiger partial charge in [0.15, 0.2) is 11.1 Å². The molecule has 138 valence electrons. The predicted molar refractivity (Wildman–Crippen MR) is 105 cm³/mol. The second-order valence-electron chi connectivity index (χ2n) is 7.04. The molecule has 1 fully saturated rings. The highest BCUT2D eigenvalue weighted by Gasteiger charge is 2.30. The molecule has 1 aromatic heterocycles. The van der Waals surface area contributed by atoms with E-state index in [1.54, 1.807) is 0 Å². The Balaban J connectivity index is 1.68. The van der Waals surface area contributed by atoms with E-state index in [4.69, 9.17) is 0 Å². The van der Waals surface area contributed by atoms with Crippen LogP contribution in [0.2, 0.25) is 0 Å².